The molecule has 5 aliphatic rings. The van der Waals surface area contributed by atoms with Gasteiger partial charge in [-0.05, 0) is 86.2 Å². The monoisotopic (exact) mass is 724 g/mol. The molecule has 50 heavy (non-hydrogen) atoms. The van der Waals surface area contributed by atoms with E-state index in [0.717, 1.165) is 45.4 Å². The zero-order chi connectivity index (χ0) is 34.9. The van der Waals surface area contributed by atoms with Crippen molar-refractivity contribution < 1.29 is 33.1 Å². The van der Waals surface area contributed by atoms with Crippen LogP contribution in [0.15, 0.2) is 42.7 Å². The van der Waals surface area contributed by atoms with Crippen molar-refractivity contribution in [2.75, 3.05) is 51.2 Å². The first-order valence-electron chi connectivity index (χ1n) is 17.5. The molecular formula is C35H42FN6O6PS. The standard InChI is InChI=1S/C35H42FN6O6PS/c1-39-8-10-40(11-9-39)28-6-7-37-17-26(28)24-18-41(19-24)35(45)29-4-3-25-14-21-13-22(21)15-27(34(44)42(25)29)38-33(43)31-16-23-12-20(2-5-30(23)50-31)32(36)49(46,47)48/h2,5-7,12,16-17,21-22,24-25,27,29,32H,3-4,8-11,13-15,18-19H2,1H3,(H,38,43)(H2,46,47,48)/t21-,22+,25-,27+,29+,32-/m1/s1. The molecule has 2 aromatic heterocycles. The third kappa shape index (κ3) is 6.34. The number of benzene rings is 1. The van der Waals surface area contributed by atoms with E-state index in [1.807, 2.05) is 17.3 Å². The average Bonchev–Trinajstić information content (AvgIpc) is 3.43. The summed E-state index contributed by atoms with van der Waals surface area (Å²) in [6.07, 6.45) is 7.55. The van der Waals surface area contributed by atoms with Gasteiger partial charge in [0.05, 0.1) is 4.88 Å². The Kier molecular flexibility index (Phi) is 8.74. The van der Waals surface area contributed by atoms with E-state index in [1.54, 1.807) is 11.0 Å². The molecule has 0 bridgehead atoms. The fraction of sp³-hybridized carbons (Fsp3) is 0.543. The van der Waals surface area contributed by atoms with Crippen LogP contribution in [-0.2, 0) is 14.2 Å². The second-order valence-corrected chi connectivity index (χ2v) is 17.5. The number of carbonyl (C=O) groups is 3. The summed E-state index contributed by atoms with van der Waals surface area (Å²) in [6, 6.07) is 6.46. The first-order chi connectivity index (χ1) is 23.9. The molecule has 0 radical (unpaired) electrons. The van der Waals surface area contributed by atoms with E-state index in [0.29, 0.717) is 52.7 Å². The smallest absolute Gasteiger partial charge is 0.363 e. The van der Waals surface area contributed by atoms with Gasteiger partial charge in [-0.15, -0.1) is 11.3 Å². The number of carbonyl (C=O) groups excluding carboxylic acids is 3. The number of aromatic nitrogens is 1. The van der Waals surface area contributed by atoms with Crippen LogP contribution in [0.1, 0.15) is 64.7 Å². The van der Waals surface area contributed by atoms with Gasteiger partial charge >= 0.3 is 7.60 Å². The Hall–Kier alpha value is -3.42. The summed E-state index contributed by atoms with van der Waals surface area (Å²) < 4.78 is 26.5. The van der Waals surface area contributed by atoms with E-state index in [9.17, 15) is 33.1 Å². The third-order valence-corrected chi connectivity index (χ3v) is 13.5. The number of hydrogen-bond donors (Lipinski definition) is 3. The number of likely N-dealkylation sites (N-methyl/N-ethyl adjacent to an activating group) is 1. The molecule has 3 N–H and O–H groups in total. The van der Waals surface area contributed by atoms with Gasteiger partial charge in [-0.3, -0.25) is 23.9 Å². The van der Waals surface area contributed by atoms with Crippen molar-refractivity contribution >= 4 is 52.4 Å². The number of rotatable bonds is 7. The number of halogens is 1. The number of amides is 3. The largest absolute Gasteiger partial charge is 0.369 e. The lowest BCUT2D eigenvalue weighted by atomic mass is 9.90. The van der Waals surface area contributed by atoms with Crippen LogP contribution in [-0.4, -0.2) is 112 Å². The third-order valence-electron chi connectivity index (χ3n) is 11.5. The van der Waals surface area contributed by atoms with Crippen LogP contribution in [0.3, 0.4) is 0 Å². The first kappa shape index (κ1) is 33.7. The van der Waals surface area contributed by atoms with Crippen molar-refractivity contribution in [3.8, 4) is 0 Å². The van der Waals surface area contributed by atoms with Crippen molar-refractivity contribution in [3.63, 3.8) is 0 Å². The van der Waals surface area contributed by atoms with E-state index in [4.69, 9.17) is 0 Å². The van der Waals surface area contributed by atoms with Gasteiger partial charge in [0.25, 0.3) is 5.91 Å². The summed E-state index contributed by atoms with van der Waals surface area (Å²) in [4.78, 5) is 73.6. The maximum atomic E-state index is 14.4. The number of hydrogen-bond acceptors (Lipinski definition) is 8. The number of pyridine rings is 1. The molecule has 6 heterocycles. The van der Waals surface area contributed by atoms with Crippen molar-refractivity contribution in [2.24, 2.45) is 11.8 Å². The van der Waals surface area contributed by atoms with Crippen LogP contribution in [0.4, 0.5) is 10.1 Å². The maximum absolute atomic E-state index is 14.4. The lowest BCUT2D eigenvalue weighted by Crippen LogP contribution is -2.59. The zero-order valence-electron chi connectivity index (χ0n) is 27.9. The Morgan fingerprint density at radius 1 is 1.04 bits per heavy atom. The number of nitrogens with one attached hydrogen (secondary N) is 1. The predicted molar refractivity (Wildman–Crippen MR) is 187 cm³/mol. The van der Waals surface area contributed by atoms with Crippen molar-refractivity contribution in [1.82, 2.24) is 25.0 Å². The van der Waals surface area contributed by atoms with Gasteiger partial charge in [-0.25, -0.2) is 4.39 Å². The number of likely N-dealkylation sites (tertiary alicyclic amines) is 1. The molecule has 12 nitrogen and oxygen atoms in total. The molecule has 4 aliphatic heterocycles. The number of anilines is 1. The lowest BCUT2D eigenvalue weighted by Gasteiger charge is -2.44. The van der Waals surface area contributed by atoms with Gasteiger partial charge in [0.15, 0.2) is 0 Å². The summed E-state index contributed by atoms with van der Waals surface area (Å²) >= 11 is 1.17. The highest BCUT2D eigenvalue weighted by molar-refractivity contribution is 7.51. The molecule has 6 atom stereocenters. The minimum Gasteiger partial charge on any atom is -0.369 e. The zero-order valence-corrected chi connectivity index (χ0v) is 29.6. The Morgan fingerprint density at radius 2 is 1.80 bits per heavy atom. The molecule has 4 saturated heterocycles. The van der Waals surface area contributed by atoms with Crippen LogP contribution in [0.2, 0.25) is 0 Å². The fourth-order valence-corrected chi connectivity index (χ4v) is 9.99. The van der Waals surface area contributed by atoms with Crippen molar-refractivity contribution in [3.05, 3.63) is 58.7 Å². The van der Waals surface area contributed by atoms with Gasteiger partial charge in [0.2, 0.25) is 17.7 Å². The second-order valence-electron chi connectivity index (χ2n) is 14.7. The molecule has 1 aromatic carbocycles. The number of nitrogens with zero attached hydrogens (tertiary/aromatic N) is 5. The SMILES string of the molecule is CN1CCN(c2ccncc2C2CN(C(=O)[C@@H]3CC[C@@H]4C[C@H]5C[C@H]5C[C@H](NC(=O)c5cc6cc([C@H](F)P(=O)(O)O)ccc6s5)C(=O)N43)C2)CC1. The van der Waals surface area contributed by atoms with Gasteiger partial charge in [0, 0.05) is 79.6 Å². The van der Waals surface area contributed by atoms with E-state index in [2.05, 4.69) is 33.2 Å². The number of thiophene rings is 1. The van der Waals surface area contributed by atoms with Crippen LogP contribution < -0.4 is 10.2 Å². The minimum atomic E-state index is -4.98. The van der Waals surface area contributed by atoms with Crippen LogP contribution >= 0.6 is 18.9 Å². The lowest BCUT2D eigenvalue weighted by molar-refractivity contribution is -0.149. The van der Waals surface area contributed by atoms with E-state index < -0.39 is 31.5 Å². The molecule has 3 amide bonds. The van der Waals surface area contributed by atoms with Crippen LogP contribution in [0, 0.1) is 11.8 Å². The van der Waals surface area contributed by atoms with Crippen LogP contribution in [0.25, 0.3) is 10.1 Å². The highest BCUT2D eigenvalue weighted by Gasteiger charge is 2.52. The van der Waals surface area contributed by atoms with Crippen molar-refractivity contribution in [2.45, 2.75) is 62.1 Å². The topological polar surface area (TPSA) is 147 Å². The second kappa shape index (κ2) is 13.0. The molecule has 8 rings (SSSR count). The maximum Gasteiger partial charge on any atom is 0.363 e. The molecule has 1 saturated carbocycles. The Labute approximate surface area is 293 Å². The molecule has 15 heteroatoms. The molecule has 266 valence electrons. The van der Waals surface area contributed by atoms with Crippen molar-refractivity contribution in [1.29, 1.82) is 0 Å². The van der Waals surface area contributed by atoms with E-state index >= 15 is 0 Å². The minimum absolute atomic E-state index is 0.0260. The number of alkyl halides is 1. The molecule has 0 unspecified atom stereocenters. The predicted octanol–water partition coefficient (Wildman–Crippen LogP) is 3.71. The normalized spacial score (nSPS) is 28.0. The van der Waals surface area contributed by atoms with Crippen LogP contribution in [0.5, 0.6) is 0 Å². The van der Waals surface area contributed by atoms with Gasteiger partial charge in [0.1, 0.15) is 12.1 Å². The number of fused-ring (bicyclic) bond motifs is 3. The molecular weight excluding hydrogens is 682 g/mol. The summed E-state index contributed by atoms with van der Waals surface area (Å²) in [7, 11) is -2.85. The highest BCUT2D eigenvalue weighted by atomic mass is 32.1. The molecule has 3 aromatic rings. The average molecular weight is 725 g/mol. The number of piperazine rings is 1. The molecule has 1 aliphatic carbocycles. The van der Waals surface area contributed by atoms with E-state index in [-0.39, 0.29) is 29.3 Å². The van der Waals surface area contributed by atoms with E-state index in [1.165, 1.54) is 40.8 Å². The fourth-order valence-electron chi connectivity index (χ4n) is 8.49. The summed E-state index contributed by atoms with van der Waals surface area (Å²) in [6.45, 7) is 5.08. The van der Waals surface area contributed by atoms with Gasteiger partial charge in [-0.1, -0.05) is 6.07 Å². The Bertz CT molecular complexity index is 1870. The quantitative estimate of drug-likeness (QED) is 0.311. The Balaban J connectivity index is 0.958. The Morgan fingerprint density at radius 3 is 2.56 bits per heavy atom. The molecule has 0 spiro atoms. The summed E-state index contributed by atoms with van der Waals surface area (Å²) in [5, 5.41) is 3.46. The first-order valence-corrected chi connectivity index (χ1v) is 20.0. The molecule has 5 fully saturated rings. The van der Waals surface area contributed by atoms with Gasteiger partial charge in [-0.2, -0.15) is 0 Å². The highest BCUT2D eigenvalue weighted by Crippen LogP contribution is 2.53. The van der Waals surface area contributed by atoms with Gasteiger partial charge < -0.3 is 34.7 Å². The summed E-state index contributed by atoms with van der Waals surface area (Å²) in [5.74, 6) is -2.12. The summed E-state index contributed by atoms with van der Waals surface area (Å²) in [5.41, 5.74) is 2.19.